The van der Waals surface area contributed by atoms with Crippen molar-refractivity contribution in [2.45, 2.75) is 53.0 Å². The summed E-state index contributed by atoms with van der Waals surface area (Å²) in [5.41, 5.74) is 2.32. The molecule has 6 nitrogen and oxygen atoms in total. The molecule has 1 N–H and O–H groups in total. The zero-order chi connectivity index (χ0) is 22.5. The Morgan fingerprint density at radius 3 is 2.47 bits per heavy atom. The predicted molar refractivity (Wildman–Crippen MR) is 109 cm³/mol. The zero-order valence-electron chi connectivity index (χ0n) is 17.8. The average molecular weight is 419 g/mol. The van der Waals surface area contributed by atoms with Crippen LogP contribution >= 0.6 is 0 Å². The van der Waals surface area contributed by atoms with Gasteiger partial charge in [-0.05, 0) is 31.5 Å². The third-order valence-corrected chi connectivity index (χ3v) is 4.35. The summed E-state index contributed by atoms with van der Waals surface area (Å²) in [4.78, 5) is 33.0. The molecule has 0 bridgehead atoms. The van der Waals surface area contributed by atoms with Crippen molar-refractivity contribution < 1.29 is 23.1 Å². The fourth-order valence-corrected chi connectivity index (χ4v) is 2.64. The molecule has 8 heteroatoms. The lowest BCUT2D eigenvalue weighted by molar-refractivity contribution is -0.121. The second-order valence-corrected chi connectivity index (χ2v) is 7.77. The second-order valence-electron chi connectivity index (χ2n) is 7.77. The number of carbonyl (C=O) groups excluding carboxylic acids is 2. The van der Waals surface area contributed by atoms with Crippen LogP contribution < -0.4 is 10.1 Å². The summed E-state index contributed by atoms with van der Waals surface area (Å²) >= 11 is 0. The fraction of sp³-hybridized carbons (Fsp3) is 0.455. The van der Waals surface area contributed by atoms with E-state index in [4.69, 9.17) is 4.74 Å². The van der Waals surface area contributed by atoms with Crippen molar-refractivity contribution in [3.8, 4) is 5.88 Å². The van der Waals surface area contributed by atoms with E-state index >= 15 is 0 Å². The quantitative estimate of drug-likeness (QED) is 0.662. The summed E-state index contributed by atoms with van der Waals surface area (Å²) in [6.45, 7) is 7.22. The number of carbonyl (C=O) groups is 2. The van der Waals surface area contributed by atoms with E-state index in [1.165, 1.54) is 12.3 Å². The fourth-order valence-electron chi connectivity index (χ4n) is 2.64. The number of Topliss-reactive ketones (excluding diaryl/α,β-unsaturated/α-hetero) is 1. The summed E-state index contributed by atoms with van der Waals surface area (Å²) in [6.07, 6.45) is 1.65. The van der Waals surface area contributed by atoms with Gasteiger partial charge in [-0.2, -0.15) is 0 Å². The minimum atomic E-state index is -2.94. The average Bonchev–Trinajstić information content (AvgIpc) is 2.65. The van der Waals surface area contributed by atoms with Crippen molar-refractivity contribution in [1.82, 2.24) is 15.3 Å². The molecule has 0 aliphatic carbocycles. The van der Waals surface area contributed by atoms with E-state index in [2.05, 4.69) is 15.3 Å². The number of hydrogen-bond acceptors (Lipinski definition) is 5. The third kappa shape index (κ3) is 7.17. The Labute approximate surface area is 175 Å². The van der Waals surface area contributed by atoms with Crippen LogP contribution in [0.4, 0.5) is 8.78 Å². The normalized spacial score (nSPS) is 12.5. The Morgan fingerprint density at radius 1 is 1.20 bits per heavy atom. The second kappa shape index (κ2) is 9.73. The minimum Gasteiger partial charge on any atom is -0.471 e. The van der Waals surface area contributed by atoms with Crippen LogP contribution in [0.2, 0.25) is 0 Å². The van der Waals surface area contributed by atoms with Gasteiger partial charge in [-0.1, -0.05) is 19.9 Å². The van der Waals surface area contributed by atoms with Gasteiger partial charge < -0.3 is 10.1 Å². The molecular formula is C22H27F2N3O3. The Balaban J connectivity index is 2.04. The molecule has 2 heterocycles. The summed E-state index contributed by atoms with van der Waals surface area (Å²) in [7, 11) is 0. The van der Waals surface area contributed by atoms with Crippen LogP contribution in [0.25, 0.3) is 0 Å². The Hall–Kier alpha value is -2.90. The van der Waals surface area contributed by atoms with Crippen molar-refractivity contribution in [3.05, 3.63) is 53.0 Å². The lowest BCUT2D eigenvalue weighted by atomic mass is 10.0. The van der Waals surface area contributed by atoms with Gasteiger partial charge in [-0.15, -0.1) is 0 Å². The summed E-state index contributed by atoms with van der Waals surface area (Å²) in [5.74, 6) is -3.21. The molecule has 0 aromatic carbocycles. The van der Waals surface area contributed by atoms with Gasteiger partial charge in [0.25, 0.3) is 11.8 Å². The molecule has 2 aromatic heterocycles. The minimum absolute atomic E-state index is 0.0574. The molecule has 30 heavy (non-hydrogen) atoms. The van der Waals surface area contributed by atoms with Gasteiger partial charge in [-0.3, -0.25) is 14.6 Å². The number of alkyl halides is 2. The topological polar surface area (TPSA) is 81.2 Å². The van der Waals surface area contributed by atoms with E-state index in [1.54, 1.807) is 32.0 Å². The molecule has 0 saturated heterocycles. The van der Waals surface area contributed by atoms with Gasteiger partial charge in [0.05, 0.1) is 6.04 Å². The molecule has 0 radical (unpaired) electrons. The first-order valence-electron chi connectivity index (χ1n) is 9.72. The molecule has 1 amide bonds. The highest BCUT2D eigenvalue weighted by atomic mass is 19.3. The number of aromatic nitrogens is 2. The first kappa shape index (κ1) is 23.4. The van der Waals surface area contributed by atoms with Crippen molar-refractivity contribution in [3.63, 3.8) is 0 Å². The smallest absolute Gasteiger partial charge is 0.278 e. The molecule has 2 aromatic rings. The third-order valence-electron chi connectivity index (χ3n) is 4.35. The van der Waals surface area contributed by atoms with Gasteiger partial charge in [0, 0.05) is 48.5 Å². The van der Waals surface area contributed by atoms with Gasteiger partial charge >= 0.3 is 0 Å². The maximum absolute atomic E-state index is 12.9. The maximum Gasteiger partial charge on any atom is 0.278 e. The molecule has 0 saturated carbocycles. The Kier molecular flexibility index (Phi) is 7.59. The Morgan fingerprint density at radius 2 is 1.90 bits per heavy atom. The van der Waals surface area contributed by atoms with E-state index in [9.17, 15) is 18.4 Å². The van der Waals surface area contributed by atoms with Gasteiger partial charge in [0.15, 0.2) is 6.61 Å². The van der Waals surface area contributed by atoms with Crippen LogP contribution in [0.15, 0.2) is 30.5 Å². The standard InChI is InChI=1S/C22H27F2N3O3/c1-13(2)19(28)10-18-9-17(8-14(3)26-18)21(29)27-15(4)16-6-7-20(25-11-16)30-12-22(5,23)24/h6-9,11,13,15H,10,12H2,1-5H3,(H,27,29). The number of nitrogens with zero attached hydrogens (tertiary/aromatic N) is 2. The predicted octanol–water partition coefficient (Wildman–Crippen LogP) is 4.08. The maximum atomic E-state index is 12.9. The number of halogens is 2. The molecule has 1 atom stereocenters. The Bertz CT molecular complexity index is 893. The molecule has 162 valence electrons. The van der Waals surface area contributed by atoms with Gasteiger partial charge in [-0.25, -0.2) is 13.8 Å². The molecule has 1 unspecified atom stereocenters. The number of hydrogen-bond donors (Lipinski definition) is 1. The number of ether oxygens (including phenoxy) is 1. The van der Waals surface area contributed by atoms with Crippen LogP contribution in [-0.2, 0) is 11.2 Å². The van der Waals surface area contributed by atoms with E-state index in [1.807, 2.05) is 13.8 Å². The van der Waals surface area contributed by atoms with Crippen molar-refractivity contribution >= 4 is 11.7 Å². The molecule has 0 aliphatic heterocycles. The molecule has 0 spiro atoms. The first-order chi connectivity index (χ1) is 13.9. The monoisotopic (exact) mass is 419 g/mol. The first-order valence-corrected chi connectivity index (χ1v) is 9.72. The van der Waals surface area contributed by atoms with E-state index < -0.39 is 12.5 Å². The summed E-state index contributed by atoms with van der Waals surface area (Å²) < 4.78 is 30.7. The van der Waals surface area contributed by atoms with E-state index in [-0.39, 0.29) is 36.0 Å². The zero-order valence-corrected chi connectivity index (χ0v) is 17.8. The van der Waals surface area contributed by atoms with Gasteiger partial charge in [0.1, 0.15) is 5.78 Å². The number of pyridine rings is 2. The molecular weight excluding hydrogens is 392 g/mol. The lowest BCUT2D eigenvalue weighted by Gasteiger charge is -2.16. The van der Waals surface area contributed by atoms with Gasteiger partial charge in [0.2, 0.25) is 5.88 Å². The molecule has 0 fully saturated rings. The van der Waals surface area contributed by atoms with E-state index in [0.29, 0.717) is 22.5 Å². The number of ketones is 1. The number of aryl methyl sites for hydroxylation is 1. The van der Waals surface area contributed by atoms with Crippen LogP contribution in [0.3, 0.4) is 0 Å². The highest BCUT2D eigenvalue weighted by Gasteiger charge is 2.22. The molecule has 0 aliphatic rings. The van der Waals surface area contributed by atoms with Crippen molar-refractivity contribution in [1.29, 1.82) is 0 Å². The number of rotatable bonds is 9. The number of amides is 1. The molecule has 2 rings (SSSR count). The largest absolute Gasteiger partial charge is 0.471 e. The number of nitrogens with one attached hydrogen (secondary N) is 1. The van der Waals surface area contributed by atoms with Crippen LogP contribution in [0.5, 0.6) is 5.88 Å². The van der Waals surface area contributed by atoms with Crippen molar-refractivity contribution in [2.75, 3.05) is 6.61 Å². The lowest BCUT2D eigenvalue weighted by Crippen LogP contribution is -2.27. The van der Waals surface area contributed by atoms with Crippen LogP contribution in [0, 0.1) is 12.8 Å². The highest BCUT2D eigenvalue weighted by molar-refractivity contribution is 5.95. The van der Waals surface area contributed by atoms with Crippen molar-refractivity contribution in [2.24, 2.45) is 5.92 Å². The van der Waals surface area contributed by atoms with Crippen LogP contribution in [-0.4, -0.2) is 34.2 Å². The SMILES string of the molecule is Cc1cc(C(=O)NC(C)c2ccc(OCC(C)(F)F)nc2)cc(CC(=O)C(C)C)n1. The van der Waals surface area contributed by atoms with Crippen LogP contribution in [0.1, 0.15) is 61.0 Å². The summed E-state index contributed by atoms with van der Waals surface area (Å²) in [5, 5.41) is 2.87. The van der Waals surface area contributed by atoms with E-state index in [0.717, 1.165) is 6.92 Å². The highest BCUT2D eigenvalue weighted by Crippen LogP contribution is 2.18. The summed E-state index contributed by atoms with van der Waals surface area (Å²) in [6, 6.07) is 6.04.